The number of aryl methyl sites for hydroxylation is 2. The third-order valence-electron chi connectivity index (χ3n) is 3.04. The predicted octanol–water partition coefficient (Wildman–Crippen LogP) is 4.06. The second-order valence-corrected chi connectivity index (χ2v) is 7.62. The van der Waals surface area contributed by atoms with E-state index in [1.807, 2.05) is 32.9 Å². The Labute approximate surface area is 144 Å². The first-order valence-corrected chi connectivity index (χ1v) is 9.34. The Morgan fingerprint density at radius 3 is 2.57 bits per heavy atom. The van der Waals surface area contributed by atoms with Crippen molar-refractivity contribution in [3.05, 3.63) is 29.3 Å². The molecule has 0 aliphatic rings. The Balaban J connectivity index is 2.02. The van der Waals surface area contributed by atoms with Gasteiger partial charge in [-0.15, -0.1) is 10.2 Å². The molecule has 1 aromatic carbocycles. The summed E-state index contributed by atoms with van der Waals surface area (Å²) in [4.78, 5) is 12.4. The molecule has 0 radical (unpaired) electrons. The predicted molar refractivity (Wildman–Crippen MR) is 95.6 cm³/mol. The molecule has 1 heterocycles. The van der Waals surface area contributed by atoms with Gasteiger partial charge >= 0.3 is 0 Å². The van der Waals surface area contributed by atoms with E-state index in [0.29, 0.717) is 17.3 Å². The molecule has 0 spiro atoms. The van der Waals surface area contributed by atoms with Gasteiger partial charge in [-0.3, -0.25) is 10.1 Å². The number of aromatic nitrogens is 2. The van der Waals surface area contributed by atoms with Gasteiger partial charge in [-0.1, -0.05) is 43.0 Å². The van der Waals surface area contributed by atoms with Gasteiger partial charge in [-0.05, 0) is 49.3 Å². The van der Waals surface area contributed by atoms with Gasteiger partial charge in [-0.2, -0.15) is 0 Å². The topological polar surface area (TPSA) is 64.1 Å². The minimum atomic E-state index is -0.553. The van der Waals surface area contributed by atoms with Crippen molar-refractivity contribution in [2.45, 2.75) is 44.6 Å². The average Bonchev–Trinajstić information content (AvgIpc) is 2.91. The maximum absolute atomic E-state index is 12.4. The van der Waals surface area contributed by atoms with Crippen molar-refractivity contribution in [3.8, 4) is 5.75 Å². The van der Waals surface area contributed by atoms with Crippen LogP contribution in [0.5, 0.6) is 5.75 Å². The molecule has 124 valence electrons. The number of nitrogens with one attached hydrogen (secondary N) is 1. The molecule has 1 amide bonds. The second-order valence-electron chi connectivity index (χ2n) is 5.13. The highest BCUT2D eigenvalue weighted by Crippen LogP contribution is 2.25. The lowest BCUT2D eigenvalue weighted by molar-refractivity contribution is -0.122. The number of carbonyl (C=O) groups is 1. The summed E-state index contributed by atoms with van der Waals surface area (Å²) in [6.45, 7) is 7.99. The van der Waals surface area contributed by atoms with Crippen LogP contribution in [0.4, 0.5) is 5.13 Å². The van der Waals surface area contributed by atoms with Gasteiger partial charge in [0.1, 0.15) is 5.75 Å². The van der Waals surface area contributed by atoms with Crippen molar-refractivity contribution in [2.24, 2.45) is 0 Å². The van der Waals surface area contributed by atoms with Crippen LogP contribution in [0.1, 0.15) is 31.4 Å². The summed E-state index contributed by atoms with van der Waals surface area (Å²) >= 11 is 2.98. The Hall–Kier alpha value is -1.60. The van der Waals surface area contributed by atoms with Crippen LogP contribution < -0.4 is 10.1 Å². The Kier molecular flexibility index (Phi) is 6.41. The summed E-state index contributed by atoms with van der Waals surface area (Å²) in [5.41, 5.74) is 2.22. The molecule has 0 fully saturated rings. The molecule has 0 aliphatic carbocycles. The van der Waals surface area contributed by atoms with Crippen LogP contribution in [-0.2, 0) is 4.79 Å². The molecule has 1 aromatic heterocycles. The lowest BCUT2D eigenvalue weighted by Crippen LogP contribution is -2.32. The van der Waals surface area contributed by atoms with Crippen molar-refractivity contribution in [1.82, 2.24) is 10.2 Å². The highest BCUT2D eigenvalue weighted by Gasteiger charge is 2.20. The number of hydrogen-bond acceptors (Lipinski definition) is 6. The zero-order valence-electron chi connectivity index (χ0n) is 13.8. The first kappa shape index (κ1) is 17.7. The van der Waals surface area contributed by atoms with Crippen LogP contribution in [0.3, 0.4) is 0 Å². The van der Waals surface area contributed by atoms with Crippen molar-refractivity contribution < 1.29 is 9.53 Å². The Morgan fingerprint density at radius 1 is 1.26 bits per heavy atom. The van der Waals surface area contributed by atoms with Gasteiger partial charge in [0.25, 0.3) is 5.91 Å². The summed E-state index contributed by atoms with van der Waals surface area (Å²) in [5, 5.41) is 11.3. The molecule has 5 nitrogen and oxygen atoms in total. The van der Waals surface area contributed by atoms with Crippen LogP contribution >= 0.6 is 23.1 Å². The summed E-state index contributed by atoms with van der Waals surface area (Å²) in [6.07, 6.45) is 0.0242. The molecular formula is C16H21N3O2S2. The minimum absolute atomic E-state index is 0.198. The largest absolute Gasteiger partial charge is 0.481 e. The minimum Gasteiger partial charge on any atom is -0.481 e. The number of ether oxygens (including phenoxy) is 1. The lowest BCUT2D eigenvalue weighted by atomic mass is 10.1. The summed E-state index contributed by atoms with van der Waals surface area (Å²) < 4.78 is 6.71. The van der Waals surface area contributed by atoms with Gasteiger partial charge in [-0.25, -0.2) is 0 Å². The van der Waals surface area contributed by atoms with Gasteiger partial charge in [0.2, 0.25) is 5.13 Å². The summed E-state index contributed by atoms with van der Waals surface area (Å²) in [6, 6.07) is 5.94. The van der Waals surface area contributed by atoms with Crippen LogP contribution in [-0.4, -0.2) is 28.0 Å². The highest BCUT2D eigenvalue weighted by molar-refractivity contribution is 8.01. The zero-order chi connectivity index (χ0) is 16.8. The number of amides is 1. The van der Waals surface area contributed by atoms with E-state index in [1.165, 1.54) is 11.3 Å². The average molecular weight is 351 g/mol. The van der Waals surface area contributed by atoms with Crippen molar-refractivity contribution in [3.63, 3.8) is 0 Å². The Bertz CT molecular complexity index is 653. The normalized spacial score (nSPS) is 12.0. The van der Waals surface area contributed by atoms with E-state index in [-0.39, 0.29) is 5.91 Å². The van der Waals surface area contributed by atoms with Crippen LogP contribution in [0.15, 0.2) is 22.5 Å². The number of thioether (sulfide) groups is 1. The van der Waals surface area contributed by atoms with Gasteiger partial charge in [0, 0.05) is 0 Å². The molecule has 1 N–H and O–H groups in total. The monoisotopic (exact) mass is 351 g/mol. The molecule has 2 aromatic rings. The summed E-state index contributed by atoms with van der Waals surface area (Å²) in [7, 11) is 0. The smallest absolute Gasteiger partial charge is 0.267 e. The van der Waals surface area contributed by atoms with E-state index in [2.05, 4.69) is 28.5 Å². The van der Waals surface area contributed by atoms with Gasteiger partial charge in [0.05, 0.1) is 0 Å². The quantitative estimate of drug-likeness (QED) is 0.602. The van der Waals surface area contributed by atoms with E-state index in [1.54, 1.807) is 11.8 Å². The molecule has 7 heteroatoms. The Morgan fingerprint density at radius 2 is 1.96 bits per heavy atom. The second kappa shape index (κ2) is 8.31. The maximum atomic E-state index is 12.4. The third kappa shape index (κ3) is 5.21. The molecule has 0 saturated carbocycles. The fraction of sp³-hybridized carbons (Fsp3) is 0.438. The first-order valence-electron chi connectivity index (χ1n) is 7.54. The van der Waals surface area contributed by atoms with E-state index in [4.69, 9.17) is 4.74 Å². The molecule has 1 unspecified atom stereocenters. The van der Waals surface area contributed by atoms with Gasteiger partial charge < -0.3 is 4.74 Å². The van der Waals surface area contributed by atoms with E-state index in [9.17, 15) is 4.79 Å². The number of carbonyl (C=O) groups excluding carboxylic acids is 1. The first-order chi connectivity index (χ1) is 11.0. The van der Waals surface area contributed by atoms with Crippen molar-refractivity contribution in [2.75, 3.05) is 11.1 Å². The van der Waals surface area contributed by atoms with Crippen LogP contribution in [0.2, 0.25) is 0 Å². The summed E-state index contributed by atoms with van der Waals surface area (Å²) in [5.74, 6) is 1.44. The molecule has 2 rings (SSSR count). The highest BCUT2D eigenvalue weighted by atomic mass is 32.2. The van der Waals surface area contributed by atoms with E-state index in [0.717, 1.165) is 21.2 Å². The fourth-order valence-corrected chi connectivity index (χ4v) is 3.77. The molecule has 0 bridgehead atoms. The number of hydrogen-bond donors (Lipinski definition) is 1. The molecule has 1 atom stereocenters. The van der Waals surface area contributed by atoms with E-state index < -0.39 is 6.10 Å². The number of nitrogens with zero attached hydrogens (tertiary/aromatic N) is 2. The number of anilines is 1. The SMILES string of the molecule is CCSc1nnc(NC(=O)C(CC)Oc2cc(C)cc(C)c2)s1. The van der Waals surface area contributed by atoms with Crippen molar-refractivity contribution in [1.29, 1.82) is 0 Å². The molecule has 0 saturated heterocycles. The van der Waals surface area contributed by atoms with Crippen LogP contribution in [0.25, 0.3) is 0 Å². The molecule has 0 aliphatic heterocycles. The zero-order valence-corrected chi connectivity index (χ0v) is 15.4. The fourth-order valence-electron chi connectivity index (χ4n) is 2.12. The lowest BCUT2D eigenvalue weighted by Gasteiger charge is -2.17. The van der Waals surface area contributed by atoms with Gasteiger partial charge in [0.15, 0.2) is 10.4 Å². The maximum Gasteiger partial charge on any atom is 0.267 e. The van der Waals surface area contributed by atoms with E-state index >= 15 is 0 Å². The number of benzene rings is 1. The van der Waals surface area contributed by atoms with Crippen LogP contribution in [0, 0.1) is 13.8 Å². The molecule has 23 heavy (non-hydrogen) atoms. The third-order valence-corrected chi connectivity index (χ3v) is 4.90. The van der Waals surface area contributed by atoms with Crippen molar-refractivity contribution >= 4 is 34.1 Å². The standard InChI is InChI=1S/C16H21N3O2S2/c1-5-13(21-12-8-10(3)7-11(4)9-12)14(20)17-15-18-19-16(23-15)22-6-2/h7-9,13H,5-6H2,1-4H3,(H,17,18,20). The molecular weight excluding hydrogens is 330 g/mol. The number of rotatable bonds is 7.